The molecule has 0 aliphatic heterocycles. The van der Waals surface area contributed by atoms with Crippen molar-refractivity contribution < 1.29 is 9.59 Å². The summed E-state index contributed by atoms with van der Waals surface area (Å²) in [7, 11) is 0. The highest BCUT2D eigenvalue weighted by atomic mass is 16.2. The van der Waals surface area contributed by atoms with Gasteiger partial charge in [0.25, 0.3) is 0 Å². The number of hydrogen-bond acceptors (Lipinski definition) is 2. The topological polar surface area (TPSA) is 58.2 Å². The SMILES string of the molecule is CCC(=O)N[C@H](C)[C@@H](C)NC(=O)CC. The molecule has 0 aromatic carbocycles. The van der Waals surface area contributed by atoms with Crippen LogP contribution in [0.5, 0.6) is 0 Å². The lowest BCUT2D eigenvalue weighted by molar-refractivity contribution is -0.124. The van der Waals surface area contributed by atoms with E-state index in [4.69, 9.17) is 0 Å². The van der Waals surface area contributed by atoms with Crippen molar-refractivity contribution in [1.82, 2.24) is 10.6 Å². The van der Waals surface area contributed by atoms with Crippen LogP contribution in [0.3, 0.4) is 0 Å². The molecule has 4 nitrogen and oxygen atoms in total. The number of nitrogens with one attached hydrogen (secondary N) is 2. The van der Waals surface area contributed by atoms with Crippen LogP contribution in [0.25, 0.3) is 0 Å². The van der Waals surface area contributed by atoms with Gasteiger partial charge in [-0.15, -0.1) is 0 Å². The quantitative estimate of drug-likeness (QED) is 0.690. The maximum atomic E-state index is 11.1. The highest BCUT2D eigenvalue weighted by molar-refractivity contribution is 5.77. The number of amides is 2. The minimum absolute atomic E-state index is 0.00935. The summed E-state index contributed by atoms with van der Waals surface area (Å²) >= 11 is 0. The van der Waals surface area contributed by atoms with E-state index in [1.54, 1.807) is 13.8 Å². The van der Waals surface area contributed by atoms with E-state index in [0.29, 0.717) is 12.8 Å². The summed E-state index contributed by atoms with van der Waals surface area (Å²) in [5.41, 5.74) is 0. The third-order valence-corrected chi connectivity index (χ3v) is 2.17. The second kappa shape index (κ2) is 6.40. The Morgan fingerprint density at radius 3 is 1.43 bits per heavy atom. The molecule has 82 valence electrons. The number of carbonyl (C=O) groups excluding carboxylic acids is 2. The molecule has 0 saturated carbocycles. The van der Waals surface area contributed by atoms with Gasteiger partial charge in [0.15, 0.2) is 0 Å². The first-order chi connectivity index (χ1) is 6.51. The Morgan fingerprint density at radius 1 is 0.929 bits per heavy atom. The lowest BCUT2D eigenvalue weighted by atomic mass is 10.1. The highest BCUT2D eigenvalue weighted by Gasteiger charge is 2.14. The van der Waals surface area contributed by atoms with Crippen molar-refractivity contribution >= 4 is 11.8 Å². The Labute approximate surface area is 85.4 Å². The monoisotopic (exact) mass is 200 g/mol. The molecule has 0 bridgehead atoms. The fourth-order valence-electron chi connectivity index (χ4n) is 0.962. The van der Waals surface area contributed by atoms with Crippen LogP contribution in [-0.2, 0) is 9.59 Å². The molecule has 2 N–H and O–H groups in total. The van der Waals surface area contributed by atoms with Crippen LogP contribution < -0.4 is 10.6 Å². The van der Waals surface area contributed by atoms with Gasteiger partial charge in [0.1, 0.15) is 0 Å². The molecule has 14 heavy (non-hydrogen) atoms. The van der Waals surface area contributed by atoms with Crippen molar-refractivity contribution in [1.29, 1.82) is 0 Å². The van der Waals surface area contributed by atoms with Gasteiger partial charge in [-0.2, -0.15) is 0 Å². The summed E-state index contributed by atoms with van der Waals surface area (Å²) in [4.78, 5) is 22.1. The van der Waals surface area contributed by atoms with Crippen LogP contribution in [0, 0.1) is 0 Å². The molecule has 0 radical (unpaired) electrons. The van der Waals surface area contributed by atoms with E-state index >= 15 is 0 Å². The lowest BCUT2D eigenvalue weighted by Gasteiger charge is -2.22. The smallest absolute Gasteiger partial charge is 0.219 e. The van der Waals surface area contributed by atoms with E-state index in [-0.39, 0.29) is 23.9 Å². The normalized spacial score (nSPS) is 14.3. The Hall–Kier alpha value is -1.06. The average molecular weight is 200 g/mol. The van der Waals surface area contributed by atoms with Gasteiger partial charge in [-0.1, -0.05) is 13.8 Å². The maximum absolute atomic E-state index is 11.1. The second-order valence-electron chi connectivity index (χ2n) is 3.42. The Bertz CT molecular complexity index is 182. The van der Waals surface area contributed by atoms with Crippen LogP contribution in [-0.4, -0.2) is 23.9 Å². The van der Waals surface area contributed by atoms with Crippen molar-refractivity contribution in [3.8, 4) is 0 Å². The largest absolute Gasteiger partial charge is 0.352 e. The summed E-state index contributed by atoms with van der Waals surface area (Å²) in [5.74, 6) is 0.0187. The predicted octanol–water partition coefficient (Wildman–Crippen LogP) is 0.816. The average Bonchev–Trinajstić information content (AvgIpc) is 2.17. The summed E-state index contributed by atoms with van der Waals surface area (Å²) in [6.07, 6.45) is 0.942. The molecule has 0 aliphatic carbocycles. The number of hydrogen-bond donors (Lipinski definition) is 2. The third-order valence-electron chi connectivity index (χ3n) is 2.17. The summed E-state index contributed by atoms with van der Waals surface area (Å²) in [6, 6.07) is -0.0594. The lowest BCUT2D eigenvalue weighted by Crippen LogP contribution is -2.48. The summed E-state index contributed by atoms with van der Waals surface area (Å²) < 4.78 is 0. The van der Waals surface area contributed by atoms with Crippen molar-refractivity contribution in [2.45, 2.75) is 52.6 Å². The predicted molar refractivity (Wildman–Crippen MR) is 55.8 cm³/mol. The molecule has 2 atom stereocenters. The molecule has 0 fully saturated rings. The molecule has 0 aromatic rings. The molecule has 0 saturated heterocycles. The standard InChI is InChI=1S/C10H20N2O2/c1-5-9(13)11-7(3)8(4)12-10(14)6-2/h7-8H,5-6H2,1-4H3,(H,11,13)(H,12,14)/t7-,8-/m1/s1. The molecular weight excluding hydrogens is 180 g/mol. The van der Waals surface area contributed by atoms with E-state index in [1.807, 2.05) is 13.8 Å². The molecule has 0 aliphatic rings. The van der Waals surface area contributed by atoms with Crippen molar-refractivity contribution in [2.75, 3.05) is 0 Å². The van der Waals surface area contributed by atoms with Crippen LogP contribution in [0.2, 0.25) is 0 Å². The van der Waals surface area contributed by atoms with Gasteiger partial charge in [0.05, 0.1) is 0 Å². The van der Waals surface area contributed by atoms with Crippen LogP contribution >= 0.6 is 0 Å². The van der Waals surface area contributed by atoms with Crippen LogP contribution in [0.1, 0.15) is 40.5 Å². The van der Waals surface area contributed by atoms with Crippen molar-refractivity contribution in [2.24, 2.45) is 0 Å². The Balaban J connectivity index is 3.92. The van der Waals surface area contributed by atoms with Gasteiger partial charge in [0.2, 0.25) is 11.8 Å². The van der Waals surface area contributed by atoms with Crippen LogP contribution in [0.15, 0.2) is 0 Å². The first-order valence-electron chi connectivity index (χ1n) is 5.09. The zero-order valence-electron chi connectivity index (χ0n) is 9.39. The van der Waals surface area contributed by atoms with Gasteiger partial charge in [-0.25, -0.2) is 0 Å². The van der Waals surface area contributed by atoms with Crippen molar-refractivity contribution in [3.05, 3.63) is 0 Å². The molecule has 4 heteroatoms. The van der Waals surface area contributed by atoms with Gasteiger partial charge in [-0.05, 0) is 13.8 Å². The van der Waals surface area contributed by atoms with Crippen LogP contribution in [0.4, 0.5) is 0 Å². The third kappa shape index (κ3) is 4.84. The fraction of sp³-hybridized carbons (Fsp3) is 0.800. The van der Waals surface area contributed by atoms with Gasteiger partial charge in [0, 0.05) is 24.9 Å². The second-order valence-corrected chi connectivity index (χ2v) is 3.42. The molecule has 0 rings (SSSR count). The van der Waals surface area contributed by atoms with E-state index in [0.717, 1.165) is 0 Å². The highest BCUT2D eigenvalue weighted by Crippen LogP contribution is 1.93. The molecule has 2 amide bonds. The van der Waals surface area contributed by atoms with E-state index in [1.165, 1.54) is 0 Å². The minimum Gasteiger partial charge on any atom is -0.352 e. The first-order valence-corrected chi connectivity index (χ1v) is 5.09. The zero-order valence-corrected chi connectivity index (χ0v) is 9.39. The van der Waals surface area contributed by atoms with E-state index in [2.05, 4.69) is 10.6 Å². The van der Waals surface area contributed by atoms with Gasteiger partial charge in [-0.3, -0.25) is 9.59 Å². The Kier molecular flexibility index (Phi) is 5.92. The summed E-state index contributed by atoms with van der Waals surface area (Å²) in [6.45, 7) is 7.37. The van der Waals surface area contributed by atoms with E-state index in [9.17, 15) is 9.59 Å². The zero-order chi connectivity index (χ0) is 11.1. The summed E-state index contributed by atoms with van der Waals surface area (Å²) in [5, 5.41) is 5.61. The molecule has 0 spiro atoms. The maximum Gasteiger partial charge on any atom is 0.219 e. The van der Waals surface area contributed by atoms with Crippen molar-refractivity contribution in [3.63, 3.8) is 0 Å². The molecular formula is C10H20N2O2. The molecule has 0 heterocycles. The fourth-order valence-corrected chi connectivity index (χ4v) is 0.962. The molecule has 0 aromatic heterocycles. The number of rotatable bonds is 5. The Morgan fingerprint density at radius 2 is 1.21 bits per heavy atom. The van der Waals surface area contributed by atoms with Gasteiger partial charge < -0.3 is 10.6 Å². The van der Waals surface area contributed by atoms with E-state index < -0.39 is 0 Å². The number of carbonyl (C=O) groups is 2. The minimum atomic E-state index is -0.0297. The van der Waals surface area contributed by atoms with Gasteiger partial charge >= 0.3 is 0 Å². The molecule has 0 unspecified atom stereocenters. The first kappa shape index (κ1) is 12.9.